The summed E-state index contributed by atoms with van der Waals surface area (Å²) in [6, 6.07) is 0.409. The van der Waals surface area contributed by atoms with Gasteiger partial charge in [0.15, 0.2) is 0 Å². The van der Waals surface area contributed by atoms with Gasteiger partial charge >= 0.3 is 6.01 Å². The lowest BCUT2D eigenvalue weighted by Gasteiger charge is -1.96. The molecule has 3 N–H and O–H groups in total. The second-order valence-corrected chi connectivity index (χ2v) is 3.59. The summed E-state index contributed by atoms with van der Waals surface area (Å²) in [7, 11) is 0. The molecule has 0 fully saturated rings. The van der Waals surface area contributed by atoms with Crippen molar-refractivity contribution in [1.82, 2.24) is 15.2 Å². The molecule has 0 bridgehead atoms. The Hall–Kier alpha value is -1.47. The number of thiazole rings is 1. The molecular weight excluding hydrogens is 214 g/mol. The normalized spacial score (nSPS) is 10.5. The molecule has 2 rings (SSSR count). The average Bonchev–Trinajstić information content (AvgIpc) is 2.85. The predicted octanol–water partition coefficient (Wildman–Crippen LogP) is 0.639. The van der Waals surface area contributed by atoms with Crippen molar-refractivity contribution in [3.63, 3.8) is 0 Å². The minimum Gasteiger partial charge on any atom is -0.408 e. The maximum absolute atomic E-state index is 5.36. The third-order valence-electron chi connectivity index (χ3n) is 1.73. The fourth-order valence-corrected chi connectivity index (χ4v) is 1.60. The molecule has 0 aliphatic carbocycles. The van der Waals surface area contributed by atoms with E-state index in [2.05, 4.69) is 20.5 Å². The lowest BCUT2D eigenvalue weighted by Crippen LogP contribution is -2.02. The number of nitrogens with zero attached hydrogens (tertiary/aromatic N) is 3. The molecule has 0 spiro atoms. The van der Waals surface area contributed by atoms with Crippen LogP contribution in [-0.2, 0) is 13.0 Å². The maximum atomic E-state index is 5.36. The number of nitrogens with two attached hydrogens (primary N) is 1. The van der Waals surface area contributed by atoms with Crippen molar-refractivity contribution in [2.45, 2.75) is 13.0 Å². The third-order valence-corrected chi connectivity index (χ3v) is 2.36. The van der Waals surface area contributed by atoms with E-state index in [4.69, 9.17) is 10.2 Å². The fourth-order valence-electron chi connectivity index (χ4n) is 1.04. The lowest BCUT2D eigenvalue weighted by atomic mass is 10.4. The molecule has 2 aromatic heterocycles. The van der Waals surface area contributed by atoms with Crippen LogP contribution in [0.3, 0.4) is 0 Å². The lowest BCUT2D eigenvalue weighted by molar-refractivity contribution is 0.505. The molecule has 80 valence electrons. The Bertz CT molecular complexity index is 399. The third kappa shape index (κ3) is 2.74. The predicted molar refractivity (Wildman–Crippen MR) is 56.5 cm³/mol. The summed E-state index contributed by atoms with van der Waals surface area (Å²) in [6.45, 7) is 1.10. The van der Waals surface area contributed by atoms with Crippen LogP contribution in [0.25, 0.3) is 0 Å². The van der Waals surface area contributed by atoms with Crippen LogP contribution in [0.5, 0.6) is 0 Å². The summed E-state index contributed by atoms with van der Waals surface area (Å²) in [6.07, 6.45) is 0.603. The molecule has 7 heteroatoms. The molecule has 15 heavy (non-hydrogen) atoms. The Balaban J connectivity index is 1.88. The van der Waals surface area contributed by atoms with Crippen LogP contribution < -0.4 is 11.1 Å². The molecule has 0 saturated heterocycles. The largest absolute Gasteiger partial charge is 0.408 e. The quantitative estimate of drug-likeness (QED) is 0.776. The molecule has 6 nitrogen and oxygen atoms in total. The van der Waals surface area contributed by atoms with Crippen LogP contribution in [0.1, 0.15) is 11.6 Å². The summed E-state index contributed by atoms with van der Waals surface area (Å²) in [4.78, 5) is 4.12. The monoisotopic (exact) mass is 225 g/mol. The number of hydrogen-bond donors (Lipinski definition) is 2. The van der Waals surface area contributed by atoms with Gasteiger partial charge in [-0.1, -0.05) is 5.10 Å². The Labute approximate surface area is 90.5 Å². The van der Waals surface area contributed by atoms with Gasteiger partial charge in [-0.3, -0.25) is 0 Å². The molecule has 0 aliphatic heterocycles. The summed E-state index contributed by atoms with van der Waals surface area (Å²) >= 11 is 1.55. The molecule has 2 aromatic rings. The SMILES string of the molecule is NCCc1nnc(NCc2cscn2)o1. The van der Waals surface area contributed by atoms with Crippen molar-refractivity contribution in [2.24, 2.45) is 5.73 Å². The van der Waals surface area contributed by atoms with E-state index in [0.29, 0.717) is 31.4 Å². The van der Waals surface area contributed by atoms with E-state index >= 15 is 0 Å². The van der Waals surface area contributed by atoms with E-state index in [-0.39, 0.29) is 0 Å². The standard InChI is InChI=1S/C8H11N5OS/c9-2-1-7-12-13-8(14-7)10-3-6-4-15-5-11-6/h4-5H,1-3,9H2,(H,10,13). The van der Waals surface area contributed by atoms with Crippen molar-refractivity contribution in [3.8, 4) is 0 Å². The van der Waals surface area contributed by atoms with E-state index < -0.39 is 0 Å². The molecule has 0 atom stereocenters. The van der Waals surface area contributed by atoms with Crippen LogP contribution in [-0.4, -0.2) is 21.7 Å². The first-order valence-corrected chi connectivity index (χ1v) is 5.46. The summed E-state index contributed by atoms with van der Waals surface area (Å²) in [5.74, 6) is 0.554. The highest BCUT2D eigenvalue weighted by Gasteiger charge is 2.04. The van der Waals surface area contributed by atoms with Crippen LogP contribution >= 0.6 is 11.3 Å². The topological polar surface area (TPSA) is 89.9 Å². The van der Waals surface area contributed by atoms with Gasteiger partial charge in [0.05, 0.1) is 17.7 Å². The van der Waals surface area contributed by atoms with Gasteiger partial charge in [0.25, 0.3) is 0 Å². The highest BCUT2D eigenvalue weighted by molar-refractivity contribution is 7.07. The van der Waals surface area contributed by atoms with E-state index in [1.54, 1.807) is 16.8 Å². The number of hydrogen-bond acceptors (Lipinski definition) is 7. The molecule has 0 amide bonds. The van der Waals surface area contributed by atoms with Gasteiger partial charge in [-0.15, -0.1) is 16.4 Å². The number of rotatable bonds is 5. The zero-order chi connectivity index (χ0) is 10.5. The van der Waals surface area contributed by atoms with Gasteiger partial charge in [0.1, 0.15) is 0 Å². The first kappa shape index (κ1) is 10.1. The molecule has 0 saturated carbocycles. The fraction of sp³-hybridized carbons (Fsp3) is 0.375. The van der Waals surface area contributed by atoms with Crippen molar-refractivity contribution in [3.05, 3.63) is 22.5 Å². The minimum absolute atomic E-state index is 0.409. The number of anilines is 1. The molecule has 0 aromatic carbocycles. The van der Waals surface area contributed by atoms with Crippen molar-refractivity contribution in [1.29, 1.82) is 0 Å². The Kier molecular flexibility index (Phi) is 3.25. The number of aromatic nitrogens is 3. The van der Waals surface area contributed by atoms with Gasteiger partial charge in [-0.05, 0) is 0 Å². The summed E-state index contributed by atoms with van der Waals surface area (Å²) in [5.41, 5.74) is 8.10. The minimum atomic E-state index is 0.409. The maximum Gasteiger partial charge on any atom is 0.315 e. The van der Waals surface area contributed by atoms with Gasteiger partial charge in [-0.2, -0.15) is 0 Å². The second kappa shape index (κ2) is 4.85. The molecule has 2 heterocycles. The van der Waals surface area contributed by atoms with Crippen LogP contribution in [0.4, 0.5) is 6.01 Å². The van der Waals surface area contributed by atoms with E-state index in [9.17, 15) is 0 Å². The van der Waals surface area contributed by atoms with Gasteiger partial charge in [0.2, 0.25) is 5.89 Å². The van der Waals surface area contributed by atoms with Crippen molar-refractivity contribution >= 4 is 17.4 Å². The molecule has 0 unspecified atom stereocenters. The zero-order valence-electron chi connectivity index (χ0n) is 8.01. The van der Waals surface area contributed by atoms with Crippen LogP contribution in [0.2, 0.25) is 0 Å². The zero-order valence-corrected chi connectivity index (χ0v) is 8.83. The first-order valence-electron chi connectivity index (χ1n) is 4.52. The molecule has 0 aliphatic rings. The summed E-state index contributed by atoms with van der Waals surface area (Å²) < 4.78 is 5.28. The van der Waals surface area contributed by atoms with Crippen molar-refractivity contribution in [2.75, 3.05) is 11.9 Å². The van der Waals surface area contributed by atoms with Crippen LogP contribution in [0, 0.1) is 0 Å². The Morgan fingerprint density at radius 1 is 1.47 bits per heavy atom. The smallest absolute Gasteiger partial charge is 0.315 e. The van der Waals surface area contributed by atoms with Gasteiger partial charge in [0, 0.05) is 18.3 Å². The van der Waals surface area contributed by atoms with Gasteiger partial charge < -0.3 is 15.5 Å². The second-order valence-electron chi connectivity index (χ2n) is 2.87. The van der Waals surface area contributed by atoms with Gasteiger partial charge in [-0.25, -0.2) is 4.98 Å². The van der Waals surface area contributed by atoms with E-state index in [1.165, 1.54) is 0 Å². The van der Waals surface area contributed by atoms with Crippen LogP contribution in [0.15, 0.2) is 15.3 Å². The van der Waals surface area contributed by atoms with E-state index in [1.807, 2.05) is 5.38 Å². The first-order chi connectivity index (χ1) is 7.38. The van der Waals surface area contributed by atoms with E-state index in [0.717, 1.165) is 5.69 Å². The number of nitrogens with one attached hydrogen (secondary N) is 1. The highest BCUT2D eigenvalue weighted by atomic mass is 32.1. The highest BCUT2D eigenvalue weighted by Crippen LogP contribution is 2.08. The molecular formula is C8H11N5OS. The average molecular weight is 225 g/mol. The molecule has 0 radical (unpaired) electrons. The Morgan fingerprint density at radius 2 is 2.40 bits per heavy atom. The Morgan fingerprint density at radius 3 is 3.13 bits per heavy atom. The van der Waals surface area contributed by atoms with Crippen molar-refractivity contribution < 1.29 is 4.42 Å². The summed E-state index contributed by atoms with van der Waals surface area (Å²) in [5, 5.41) is 12.6.